The molecule has 0 atom stereocenters. The molecule has 0 spiro atoms. The van der Waals surface area contributed by atoms with Crippen LogP contribution in [0.3, 0.4) is 0 Å². The van der Waals surface area contributed by atoms with Crippen LogP contribution in [0.2, 0.25) is 0 Å². The van der Waals surface area contributed by atoms with Crippen LogP contribution in [0.4, 0.5) is 0 Å². The molecule has 6 heteroatoms. The van der Waals surface area contributed by atoms with Gasteiger partial charge in [0, 0.05) is 7.11 Å². The second kappa shape index (κ2) is 11.2. The minimum Gasteiger partial charge on any atom is -0.382 e. The van der Waals surface area contributed by atoms with Crippen molar-refractivity contribution >= 4 is 11.8 Å². The van der Waals surface area contributed by atoms with Crippen LogP contribution in [0.5, 0.6) is 0 Å². The van der Waals surface area contributed by atoms with Gasteiger partial charge in [-0.25, -0.2) is 4.84 Å². The zero-order valence-electron chi connectivity index (χ0n) is 11.0. The average molecular weight is 270 g/mol. The molecular formula is C11H24ClNO4. The molecule has 0 aromatic carbocycles. The molecule has 0 aliphatic heterocycles. The predicted octanol–water partition coefficient (Wildman–Crippen LogP) is 1.20. The number of hydrogen-bond acceptors (Lipinski definition) is 5. The molecule has 0 unspecified atom stereocenters. The van der Waals surface area contributed by atoms with Crippen molar-refractivity contribution in [3.05, 3.63) is 0 Å². The lowest BCUT2D eigenvalue weighted by atomic mass is 10.1. The van der Waals surface area contributed by atoms with E-state index < -0.39 is 0 Å². The van der Waals surface area contributed by atoms with E-state index in [1.165, 1.54) is 0 Å². The van der Waals surface area contributed by atoms with Gasteiger partial charge in [0.05, 0.1) is 51.8 Å². The van der Waals surface area contributed by atoms with Gasteiger partial charge in [-0.2, -0.15) is 0 Å². The Morgan fingerprint density at radius 1 is 0.882 bits per heavy atom. The molecule has 0 heterocycles. The third-order valence-electron chi connectivity index (χ3n) is 1.89. The van der Waals surface area contributed by atoms with Gasteiger partial charge in [-0.05, 0) is 25.6 Å². The normalized spacial score (nSPS) is 12.0. The Balaban J connectivity index is 3.09. The number of ether oxygens (including phenoxy) is 4. The maximum absolute atomic E-state index is 5.53. The van der Waals surface area contributed by atoms with Gasteiger partial charge < -0.3 is 18.9 Å². The molecule has 0 radical (unpaired) electrons. The molecule has 0 aromatic heterocycles. The zero-order chi connectivity index (χ0) is 13.0. The molecule has 5 nitrogen and oxygen atoms in total. The third-order valence-corrected chi connectivity index (χ3v) is 2.41. The lowest BCUT2D eigenvalue weighted by Crippen LogP contribution is -2.38. The van der Waals surface area contributed by atoms with Crippen LogP contribution >= 0.6 is 11.8 Å². The van der Waals surface area contributed by atoms with Crippen molar-refractivity contribution in [3.8, 4) is 0 Å². The van der Waals surface area contributed by atoms with Gasteiger partial charge in [0.15, 0.2) is 0 Å². The zero-order valence-corrected chi connectivity index (χ0v) is 11.7. The molecular weight excluding hydrogens is 246 g/mol. The molecule has 0 saturated heterocycles. The molecule has 0 fully saturated rings. The highest BCUT2D eigenvalue weighted by Gasteiger charge is 2.15. The number of methoxy groups -OCH3 is 1. The molecule has 0 amide bonds. The molecule has 0 bridgehead atoms. The molecule has 0 saturated carbocycles. The number of hydrogen-bond donors (Lipinski definition) is 1. The first kappa shape index (κ1) is 17.1. The summed E-state index contributed by atoms with van der Waals surface area (Å²) in [6, 6.07) is 0. The maximum atomic E-state index is 5.53. The Kier molecular flexibility index (Phi) is 11.3. The second-order valence-corrected chi connectivity index (χ2v) is 4.44. The number of nitrogens with one attached hydrogen (secondary N) is 1. The summed E-state index contributed by atoms with van der Waals surface area (Å²) < 4.78 is 20.8. The first-order valence-electron chi connectivity index (χ1n) is 5.72. The van der Waals surface area contributed by atoms with Crippen LogP contribution in [-0.4, -0.2) is 58.9 Å². The first-order chi connectivity index (χ1) is 8.12. The van der Waals surface area contributed by atoms with Gasteiger partial charge in [0.1, 0.15) is 0 Å². The average Bonchev–Trinajstić information content (AvgIpc) is 2.31. The minimum absolute atomic E-state index is 0.217. The monoisotopic (exact) mass is 269 g/mol. The van der Waals surface area contributed by atoms with Gasteiger partial charge in [-0.15, -0.1) is 0 Å². The van der Waals surface area contributed by atoms with Crippen LogP contribution < -0.4 is 4.84 Å². The molecule has 17 heavy (non-hydrogen) atoms. The molecule has 0 aliphatic rings. The summed E-state index contributed by atoms with van der Waals surface area (Å²) in [5.41, 5.74) is -0.217. The molecule has 1 N–H and O–H groups in total. The van der Waals surface area contributed by atoms with Crippen molar-refractivity contribution in [2.45, 2.75) is 19.4 Å². The van der Waals surface area contributed by atoms with Crippen LogP contribution in [0, 0.1) is 0 Å². The van der Waals surface area contributed by atoms with Crippen molar-refractivity contribution < 1.29 is 18.9 Å². The van der Waals surface area contributed by atoms with Crippen molar-refractivity contribution in [1.29, 1.82) is 0 Å². The van der Waals surface area contributed by atoms with E-state index in [1.54, 1.807) is 7.11 Å². The maximum Gasteiger partial charge on any atom is 0.0701 e. The van der Waals surface area contributed by atoms with E-state index in [0.29, 0.717) is 46.2 Å². The largest absolute Gasteiger partial charge is 0.382 e. The van der Waals surface area contributed by atoms with Crippen molar-refractivity contribution in [2.24, 2.45) is 0 Å². The van der Waals surface area contributed by atoms with Gasteiger partial charge in [0.25, 0.3) is 0 Å². The lowest BCUT2D eigenvalue weighted by Gasteiger charge is -2.21. The quantitative estimate of drug-likeness (QED) is 0.426. The highest BCUT2D eigenvalue weighted by molar-refractivity contribution is 6.13. The summed E-state index contributed by atoms with van der Waals surface area (Å²) >= 11 is 5.53. The van der Waals surface area contributed by atoms with Crippen molar-refractivity contribution in [2.75, 3.05) is 53.4 Å². The standard InChI is InChI=1S/C11H24ClNO4/c1-11(2,13-12)10-17-9-8-16-7-6-15-5-4-14-3/h13H,4-10H2,1-3H3. The van der Waals surface area contributed by atoms with Crippen molar-refractivity contribution in [3.63, 3.8) is 0 Å². The van der Waals surface area contributed by atoms with E-state index in [2.05, 4.69) is 4.84 Å². The third kappa shape index (κ3) is 12.3. The van der Waals surface area contributed by atoms with Gasteiger partial charge in [-0.3, -0.25) is 0 Å². The Hall–Kier alpha value is 0.0900. The summed E-state index contributed by atoms with van der Waals surface area (Å²) in [5.74, 6) is 0. The number of rotatable bonds is 12. The molecule has 0 aliphatic carbocycles. The molecule has 104 valence electrons. The van der Waals surface area contributed by atoms with Gasteiger partial charge >= 0.3 is 0 Å². The number of halogens is 1. The first-order valence-corrected chi connectivity index (χ1v) is 6.10. The topological polar surface area (TPSA) is 49.0 Å². The summed E-state index contributed by atoms with van der Waals surface area (Å²) in [6.45, 7) is 7.96. The van der Waals surface area contributed by atoms with Gasteiger partial charge in [0.2, 0.25) is 0 Å². The fraction of sp³-hybridized carbons (Fsp3) is 1.00. The summed E-state index contributed by atoms with van der Waals surface area (Å²) in [7, 11) is 1.65. The summed E-state index contributed by atoms with van der Waals surface area (Å²) in [6.07, 6.45) is 0. The smallest absolute Gasteiger partial charge is 0.0701 e. The van der Waals surface area contributed by atoms with E-state index in [4.69, 9.17) is 30.7 Å². The summed E-state index contributed by atoms with van der Waals surface area (Å²) in [5, 5.41) is 0. The Labute approximate surface area is 109 Å². The Bertz CT molecular complexity index is 170. The van der Waals surface area contributed by atoms with E-state index in [1.807, 2.05) is 13.8 Å². The van der Waals surface area contributed by atoms with Crippen LogP contribution in [0.15, 0.2) is 0 Å². The highest BCUT2D eigenvalue weighted by atomic mass is 35.5. The van der Waals surface area contributed by atoms with E-state index in [9.17, 15) is 0 Å². The molecule has 0 aromatic rings. The highest BCUT2D eigenvalue weighted by Crippen LogP contribution is 2.03. The predicted molar refractivity (Wildman–Crippen MR) is 67.4 cm³/mol. The fourth-order valence-electron chi connectivity index (χ4n) is 0.937. The van der Waals surface area contributed by atoms with Crippen LogP contribution in [0.25, 0.3) is 0 Å². The Morgan fingerprint density at radius 3 is 1.82 bits per heavy atom. The van der Waals surface area contributed by atoms with E-state index in [0.717, 1.165) is 0 Å². The van der Waals surface area contributed by atoms with E-state index >= 15 is 0 Å². The lowest BCUT2D eigenvalue weighted by molar-refractivity contribution is -0.00265. The summed E-state index contributed by atoms with van der Waals surface area (Å²) in [4.78, 5) is 2.65. The van der Waals surface area contributed by atoms with Crippen LogP contribution in [0.1, 0.15) is 13.8 Å². The SMILES string of the molecule is COCCOCCOCCOCC(C)(C)NCl. The van der Waals surface area contributed by atoms with Crippen LogP contribution in [-0.2, 0) is 18.9 Å². The van der Waals surface area contributed by atoms with E-state index in [-0.39, 0.29) is 5.54 Å². The van der Waals surface area contributed by atoms with Gasteiger partial charge in [-0.1, -0.05) is 0 Å². The molecule has 0 rings (SSSR count). The fourth-order valence-corrected chi connectivity index (χ4v) is 0.991. The minimum atomic E-state index is -0.217. The second-order valence-electron chi connectivity index (χ2n) is 4.25. The Morgan fingerprint density at radius 2 is 1.35 bits per heavy atom. The van der Waals surface area contributed by atoms with Crippen molar-refractivity contribution in [1.82, 2.24) is 4.84 Å².